The molecule has 0 spiro atoms. The highest BCUT2D eigenvalue weighted by atomic mass is 16.2. The molecule has 4 aromatic rings. The second-order valence-electron chi connectivity index (χ2n) is 21.1. The summed E-state index contributed by atoms with van der Waals surface area (Å²) in [6, 6.07) is 16.7. The molecule has 13 nitrogen and oxygen atoms in total. The van der Waals surface area contributed by atoms with Gasteiger partial charge >= 0.3 is 6.15 Å². The molecule has 0 aromatic carbocycles. The van der Waals surface area contributed by atoms with Crippen molar-refractivity contribution in [2.45, 2.75) is 119 Å². The lowest BCUT2D eigenvalue weighted by Gasteiger charge is -2.61. The maximum atomic E-state index is 13.0. The average molecular weight is 915 g/mol. The van der Waals surface area contributed by atoms with Crippen molar-refractivity contribution in [3.63, 3.8) is 0 Å². The lowest BCUT2D eigenvalue weighted by Crippen LogP contribution is -2.60. The third-order valence-electron chi connectivity index (χ3n) is 16.5. The number of aromatic nitrogens is 4. The molecule has 4 saturated carbocycles. The Morgan fingerprint density at radius 1 is 0.582 bits per heavy atom. The quantitative estimate of drug-likeness (QED) is 0.133. The lowest BCUT2D eigenvalue weighted by atomic mass is 9.45. The van der Waals surface area contributed by atoms with Gasteiger partial charge < -0.3 is 21.7 Å². The van der Waals surface area contributed by atoms with E-state index in [1.807, 2.05) is 30.3 Å². The van der Waals surface area contributed by atoms with Gasteiger partial charge in [0.25, 0.3) is 17.7 Å². The predicted molar refractivity (Wildman–Crippen MR) is 259 cm³/mol. The monoisotopic (exact) mass is 915 g/mol. The highest BCUT2D eigenvalue weighted by molar-refractivity contribution is 5.95. The Morgan fingerprint density at radius 2 is 0.970 bits per heavy atom. The molecule has 8 rings (SSSR count). The number of nitrogens with zero attached hydrogens (tertiary/aromatic N) is 4. The summed E-state index contributed by atoms with van der Waals surface area (Å²) in [5.74, 6) is 2.21. The molecule has 4 heterocycles. The number of fused-ring (bicyclic) bond motifs is 2. The maximum absolute atomic E-state index is 13.0. The molecule has 13 heteroatoms. The molecular formula is C54H74N8O5. The number of carbonyl (C=O) groups excluding carboxylic acids is 5. The van der Waals surface area contributed by atoms with E-state index in [-0.39, 0.29) is 64.0 Å². The van der Waals surface area contributed by atoms with Crippen molar-refractivity contribution in [2.75, 3.05) is 13.1 Å². The summed E-state index contributed by atoms with van der Waals surface area (Å²) in [5.41, 5.74) is 8.94. The van der Waals surface area contributed by atoms with Gasteiger partial charge in [0.1, 0.15) is 0 Å². The fraction of sp³-hybridized carbons (Fsp3) is 0.556. The first kappa shape index (κ1) is 52.3. The zero-order valence-electron chi connectivity index (χ0n) is 40.9. The molecule has 5 N–H and O–H groups in total. The Labute approximate surface area is 398 Å². The highest BCUT2D eigenvalue weighted by Crippen LogP contribution is 2.62. The van der Waals surface area contributed by atoms with Gasteiger partial charge in [-0.25, -0.2) is 0 Å². The number of hydrogen-bond donors (Lipinski definition) is 4. The first-order valence-corrected chi connectivity index (χ1v) is 24.1. The largest absolute Gasteiger partial charge is 0.373 e. The minimum Gasteiger partial charge on any atom is -0.352 e. The van der Waals surface area contributed by atoms with Crippen LogP contribution in [-0.2, 0) is 9.59 Å². The van der Waals surface area contributed by atoms with Crippen molar-refractivity contribution in [3.8, 4) is 0 Å². The summed E-state index contributed by atoms with van der Waals surface area (Å²) in [4.78, 5) is 70.7. The highest BCUT2D eigenvalue weighted by Gasteiger charge is 2.57. The van der Waals surface area contributed by atoms with Gasteiger partial charge in [-0.05, 0) is 151 Å². The first-order valence-electron chi connectivity index (χ1n) is 24.1. The Balaban J connectivity index is 0.000000217. The van der Waals surface area contributed by atoms with Gasteiger partial charge in [-0.15, -0.1) is 0 Å². The van der Waals surface area contributed by atoms with Crippen LogP contribution in [0.15, 0.2) is 104 Å². The number of hydrogen-bond acceptors (Lipinski definition) is 10. The SMILES string of the molecule is C[C@@H]1[C@H](NC(=O)c2cccnc2)CC2C(C)(C)CCC[C@]2(C)[C@H]1CN.C[C@@H]1[C@H](NC(=O)c2cccnc2)CC2C(C)(C)CCC[C@]2(C)[C@H]1CNC(=O)c1cccnc1.O=C=O.c1ccncc1. The number of nitrogens with one attached hydrogen (secondary N) is 3. The van der Waals surface area contributed by atoms with E-state index < -0.39 is 0 Å². The van der Waals surface area contributed by atoms with Crippen molar-refractivity contribution in [2.24, 2.45) is 62.9 Å². The van der Waals surface area contributed by atoms with Gasteiger partial charge in [-0.1, -0.05) is 74.3 Å². The zero-order chi connectivity index (χ0) is 48.8. The molecule has 360 valence electrons. The fourth-order valence-electron chi connectivity index (χ4n) is 13.0. The van der Waals surface area contributed by atoms with E-state index in [4.69, 9.17) is 15.3 Å². The molecule has 67 heavy (non-hydrogen) atoms. The minimum atomic E-state index is -0.0907. The third-order valence-corrected chi connectivity index (χ3v) is 16.5. The van der Waals surface area contributed by atoms with E-state index >= 15 is 0 Å². The predicted octanol–water partition coefficient (Wildman–Crippen LogP) is 8.62. The molecule has 4 aliphatic carbocycles. The van der Waals surface area contributed by atoms with Crippen LogP contribution in [0.25, 0.3) is 0 Å². The molecule has 4 aliphatic rings. The van der Waals surface area contributed by atoms with Crippen LogP contribution < -0.4 is 21.7 Å². The second kappa shape index (κ2) is 23.4. The van der Waals surface area contributed by atoms with E-state index in [1.54, 1.807) is 73.8 Å². The molecule has 0 radical (unpaired) electrons. The molecule has 3 amide bonds. The fourth-order valence-corrected chi connectivity index (χ4v) is 13.0. The standard InChI is InChI=1S/C27H36N4O2.C21H33N3O.C5H5N.CO2/c1-18-21(17-30-24(32)19-8-5-12-28-15-19)27(4)11-7-10-26(2,3)23(27)14-22(18)31-25(33)20-9-6-13-29-16-20;1-14-16(12-22)21(4)9-6-8-20(2,3)18(21)11-17(14)24-19(25)15-7-5-10-23-13-15;1-2-4-6-5-3-1;2-1-3/h5-6,8-9,12-13,15-16,18,21-23H,7,10-11,14,17H2,1-4H3,(H,30,32)(H,31,33);5,7,10,13-14,16-18H,6,8-9,11-12,22H2,1-4H3,(H,24,25);1-5H;/t18-,21-,22+,23?,27+;14-,16-,17+,18?,21+;;/m00../s1. The topological polar surface area (TPSA) is 199 Å². The van der Waals surface area contributed by atoms with E-state index in [0.29, 0.717) is 58.9 Å². The molecule has 0 saturated heterocycles. The molecule has 10 atom stereocenters. The number of amides is 3. The Hall–Kier alpha value is -5.65. The van der Waals surface area contributed by atoms with Gasteiger partial charge in [0.15, 0.2) is 0 Å². The average Bonchev–Trinajstić information content (AvgIpc) is 3.32. The van der Waals surface area contributed by atoms with Gasteiger partial charge in [-0.2, -0.15) is 9.59 Å². The van der Waals surface area contributed by atoms with Gasteiger partial charge in [-0.3, -0.25) is 34.3 Å². The van der Waals surface area contributed by atoms with Crippen LogP contribution in [0.4, 0.5) is 0 Å². The van der Waals surface area contributed by atoms with E-state index in [1.165, 1.54) is 32.1 Å². The van der Waals surface area contributed by atoms with E-state index in [0.717, 1.165) is 19.3 Å². The van der Waals surface area contributed by atoms with Crippen molar-refractivity contribution >= 4 is 23.9 Å². The zero-order valence-corrected chi connectivity index (χ0v) is 40.9. The normalized spacial score (nSPS) is 29.8. The summed E-state index contributed by atoms with van der Waals surface area (Å²) in [7, 11) is 0. The molecule has 4 fully saturated rings. The lowest BCUT2D eigenvalue weighted by molar-refractivity contribution is -0.191. The summed E-state index contributed by atoms with van der Waals surface area (Å²) >= 11 is 0. The van der Waals surface area contributed by atoms with Crippen molar-refractivity contribution in [3.05, 3.63) is 121 Å². The molecule has 2 unspecified atom stereocenters. The summed E-state index contributed by atoms with van der Waals surface area (Å²) in [6.45, 7) is 20.2. The summed E-state index contributed by atoms with van der Waals surface area (Å²) in [5, 5.41) is 9.81. The van der Waals surface area contributed by atoms with Crippen LogP contribution in [0.1, 0.15) is 138 Å². The summed E-state index contributed by atoms with van der Waals surface area (Å²) < 4.78 is 0. The van der Waals surface area contributed by atoms with Crippen molar-refractivity contribution in [1.82, 2.24) is 35.9 Å². The molecule has 4 aromatic heterocycles. The van der Waals surface area contributed by atoms with Crippen LogP contribution in [-0.4, -0.2) is 69.0 Å². The number of nitrogens with two attached hydrogens (primary N) is 1. The van der Waals surface area contributed by atoms with E-state index in [9.17, 15) is 14.4 Å². The minimum absolute atomic E-state index is 0.0158. The van der Waals surface area contributed by atoms with Crippen LogP contribution in [0.2, 0.25) is 0 Å². The number of rotatable bonds is 8. The van der Waals surface area contributed by atoms with Crippen LogP contribution in [0.3, 0.4) is 0 Å². The Kier molecular flexibility index (Phi) is 18.3. The third kappa shape index (κ3) is 12.7. The Morgan fingerprint density at radius 3 is 1.33 bits per heavy atom. The van der Waals surface area contributed by atoms with Crippen molar-refractivity contribution in [1.29, 1.82) is 0 Å². The number of pyridine rings is 4. The molecule has 0 aliphatic heterocycles. The number of carbonyl (C=O) groups is 3. The molecular weight excluding hydrogens is 841 g/mol. The maximum Gasteiger partial charge on any atom is 0.373 e. The molecule has 0 bridgehead atoms. The van der Waals surface area contributed by atoms with Crippen LogP contribution in [0.5, 0.6) is 0 Å². The van der Waals surface area contributed by atoms with Crippen LogP contribution >= 0.6 is 0 Å². The second-order valence-corrected chi connectivity index (χ2v) is 21.1. The Bertz CT molecular complexity index is 2180. The van der Waals surface area contributed by atoms with Gasteiger partial charge in [0, 0.05) is 68.2 Å². The van der Waals surface area contributed by atoms with Gasteiger partial charge in [0.05, 0.1) is 16.7 Å². The first-order chi connectivity index (χ1) is 31.9. The summed E-state index contributed by atoms with van der Waals surface area (Å²) in [6.07, 6.45) is 23.0. The van der Waals surface area contributed by atoms with Crippen molar-refractivity contribution < 1.29 is 24.0 Å². The van der Waals surface area contributed by atoms with E-state index in [2.05, 4.69) is 91.3 Å². The van der Waals surface area contributed by atoms with Gasteiger partial charge in [0.2, 0.25) is 0 Å². The van der Waals surface area contributed by atoms with Crippen LogP contribution in [0, 0.1) is 57.2 Å². The smallest absolute Gasteiger partial charge is 0.352 e.